The van der Waals surface area contributed by atoms with E-state index in [1.165, 1.54) is 0 Å². The van der Waals surface area contributed by atoms with Crippen LogP contribution in [0, 0.1) is 0 Å². The number of carbonyl (C=O) groups excluding carboxylic acids is 12. The lowest BCUT2D eigenvalue weighted by molar-refractivity contribution is -0.138. The summed E-state index contributed by atoms with van der Waals surface area (Å²) in [6.45, 7) is -6.96. The van der Waals surface area contributed by atoms with Gasteiger partial charge in [0.2, 0.25) is 70.9 Å². The maximum atomic E-state index is 11.9. The fraction of sp³-hybridized carbons (Fsp3) is 0.500. The predicted molar refractivity (Wildman–Crippen MR) is 173 cm³/mol. The standard InChI is InChI=1S/C26H41N13O14/c27-1-14(40)28-2-15(41)29-3-16(42)30-4-17(43)31-5-18(44)32-6-19(45)33-7-20(46)34-8-21(47)35-9-22(48)36-10-23(49)37-11-24(50)38-12-25(51)39-13-26(52)53/h1-13,27H2,(H,28,40)(H,29,41)(H,30,42)(H,31,43)(H,32,44)(H,33,45)(H,34,46)(H,35,47)(H,36,48)(H,37,49)(H,38,50)(H,39,51)(H,52,53). The highest BCUT2D eigenvalue weighted by Crippen LogP contribution is 1.75. The van der Waals surface area contributed by atoms with Gasteiger partial charge in [-0.1, -0.05) is 0 Å². The highest BCUT2D eigenvalue weighted by molar-refractivity contribution is 5.94. The molecular weight excluding hydrogens is 718 g/mol. The van der Waals surface area contributed by atoms with Crippen LogP contribution in [0.3, 0.4) is 0 Å². The lowest BCUT2D eigenvalue weighted by Gasteiger charge is -2.10. The van der Waals surface area contributed by atoms with Crippen LogP contribution in [0.1, 0.15) is 0 Å². The topological polar surface area (TPSA) is 413 Å². The van der Waals surface area contributed by atoms with Crippen molar-refractivity contribution in [2.75, 3.05) is 85.1 Å². The summed E-state index contributed by atoms with van der Waals surface area (Å²) >= 11 is 0. The van der Waals surface area contributed by atoms with Crippen LogP contribution in [0.2, 0.25) is 0 Å². The summed E-state index contributed by atoms with van der Waals surface area (Å²) < 4.78 is 0. The Morgan fingerprint density at radius 2 is 0.396 bits per heavy atom. The summed E-state index contributed by atoms with van der Waals surface area (Å²) in [5.74, 6) is -10.4. The van der Waals surface area contributed by atoms with E-state index in [1.807, 2.05) is 5.32 Å². The summed E-state index contributed by atoms with van der Waals surface area (Å²) in [6.07, 6.45) is 0. The Bertz CT molecular complexity index is 1410. The minimum atomic E-state index is -1.28. The average Bonchev–Trinajstić information content (AvgIpc) is 3.13. The Hall–Kier alpha value is -6.93. The molecule has 0 atom stereocenters. The Morgan fingerprint density at radius 1 is 0.264 bits per heavy atom. The minimum absolute atomic E-state index is 0.317. The predicted octanol–water partition coefficient (Wildman–Crippen LogP) is -11.6. The molecule has 0 aromatic carbocycles. The van der Waals surface area contributed by atoms with Crippen LogP contribution in [0.25, 0.3) is 0 Å². The van der Waals surface area contributed by atoms with E-state index < -0.39 is 155 Å². The van der Waals surface area contributed by atoms with Gasteiger partial charge in [0.15, 0.2) is 0 Å². The minimum Gasteiger partial charge on any atom is -0.480 e. The number of amides is 12. The molecule has 0 radical (unpaired) electrons. The Kier molecular flexibility index (Phi) is 23.4. The molecule has 27 nitrogen and oxygen atoms in total. The van der Waals surface area contributed by atoms with Crippen molar-refractivity contribution in [3.05, 3.63) is 0 Å². The number of hydrogen-bond acceptors (Lipinski definition) is 14. The maximum Gasteiger partial charge on any atom is 0.322 e. The van der Waals surface area contributed by atoms with Crippen molar-refractivity contribution in [3.63, 3.8) is 0 Å². The van der Waals surface area contributed by atoms with E-state index >= 15 is 0 Å². The van der Waals surface area contributed by atoms with Gasteiger partial charge in [-0.15, -0.1) is 0 Å². The Balaban J connectivity index is 4.00. The number of nitrogens with two attached hydrogens (primary N) is 1. The summed E-state index contributed by atoms with van der Waals surface area (Å²) in [4.78, 5) is 150. The molecule has 27 heteroatoms. The normalized spacial score (nSPS) is 9.75. The first kappa shape index (κ1) is 46.1. The quantitative estimate of drug-likeness (QED) is 0.0411. The monoisotopic (exact) mass is 759 g/mol. The number of carboxylic acids is 1. The van der Waals surface area contributed by atoms with Gasteiger partial charge in [0, 0.05) is 0 Å². The van der Waals surface area contributed by atoms with E-state index in [4.69, 9.17) is 10.8 Å². The van der Waals surface area contributed by atoms with Gasteiger partial charge in [-0.2, -0.15) is 0 Å². The van der Waals surface area contributed by atoms with Crippen molar-refractivity contribution in [1.82, 2.24) is 63.8 Å². The van der Waals surface area contributed by atoms with Crippen LogP contribution < -0.4 is 69.5 Å². The van der Waals surface area contributed by atoms with Crippen molar-refractivity contribution in [3.8, 4) is 0 Å². The lowest BCUT2D eigenvalue weighted by atomic mass is 10.4. The van der Waals surface area contributed by atoms with E-state index in [0.717, 1.165) is 0 Å². The van der Waals surface area contributed by atoms with Gasteiger partial charge >= 0.3 is 5.97 Å². The molecule has 0 fully saturated rings. The number of carbonyl (C=O) groups is 13. The van der Waals surface area contributed by atoms with Gasteiger partial charge in [0.25, 0.3) is 0 Å². The third-order valence-corrected chi connectivity index (χ3v) is 5.53. The zero-order valence-electron chi connectivity index (χ0n) is 28.0. The van der Waals surface area contributed by atoms with Crippen molar-refractivity contribution in [2.24, 2.45) is 5.73 Å². The SMILES string of the molecule is NCC(=O)NCC(=O)NCC(=O)NCC(=O)NCC(=O)NCC(=O)NCC(=O)NCC(=O)NCC(=O)NCC(=O)NCC(=O)NCC(=O)NCC(=O)O. The van der Waals surface area contributed by atoms with Crippen molar-refractivity contribution >= 4 is 76.9 Å². The smallest absolute Gasteiger partial charge is 0.322 e. The molecule has 0 spiro atoms. The van der Waals surface area contributed by atoms with E-state index in [1.54, 1.807) is 0 Å². The second-order valence-corrected chi connectivity index (χ2v) is 9.92. The summed E-state index contributed by atoms with van der Waals surface area (Å²) in [6, 6.07) is 0. The summed E-state index contributed by atoms with van der Waals surface area (Å²) in [5.41, 5.74) is 5.06. The van der Waals surface area contributed by atoms with Crippen LogP contribution in [0.15, 0.2) is 0 Å². The summed E-state index contributed by atoms with van der Waals surface area (Å²) in [5, 5.41) is 34.2. The van der Waals surface area contributed by atoms with Crippen LogP contribution in [-0.4, -0.2) is 167 Å². The maximum absolute atomic E-state index is 11.9. The van der Waals surface area contributed by atoms with Gasteiger partial charge in [-0.05, 0) is 0 Å². The average molecular weight is 760 g/mol. The highest BCUT2D eigenvalue weighted by atomic mass is 16.4. The van der Waals surface area contributed by atoms with E-state index in [-0.39, 0.29) is 6.54 Å². The second-order valence-electron chi connectivity index (χ2n) is 9.92. The number of hydrogen-bond donors (Lipinski definition) is 14. The van der Waals surface area contributed by atoms with E-state index in [0.29, 0.717) is 0 Å². The first-order valence-corrected chi connectivity index (χ1v) is 15.1. The van der Waals surface area contributed by atoms with Gasteiger partial charge < -0.3 is 74.6 Å². The fourth-order valence-corrected chi connectivity index (χ4v) is 2.90. The van der Waals surface area contributed by atoms with E-state index in [9.17, 15) is 62.3 Å². The molecule has 0 unspecified atom stereocenters. The number of aliphatic carboxylic acids is 1. The first-order chi connectivity index (χ1) is 25.0. The molecule has 0 aliphatic rings. The molecule has 0 bridgehead atoms. The summed E-state index contributed by atoms with van der Waals surface area (Å²) in [7, 11) is 0. The van der Waals surface area contributed by atoms with Crippen LogP contribution in [-0.2, 0) is 62.3 Å². The molecule has 0 rings (SSSR count). The molecule has 0 saturated carbocycles. The third kappa shape index (κ3) is 27.6. The Labute approximate surface area is 299 Å². The van der Waals surface area contributed by atoms with Crippen LogP contribution >= 0.6 is 0 Å². The Morgan fingerprint density at radius 3 is 0.528 bits per heavy atom. The zero-order valence-corrected chi connectivity index (χ0v) is 28.0. The van der Waals surface area contributed by atoms with Crippen LogP contribution in [0.5, 0.6) is 0 Å². The number of nitrogens with one attached hydrogen (secondary N) is 12. The highest BCUT2D eigenvalue weighted by Gasteiger charge is 2.14. The molecule has 0 saturated heterocycles. The van der Waals surface area contributed by atoms with Gasteiger partial charge in [0.1, 0.15) is 6.54 Å². The largest absolute Gasteiger partial charge is 0.480 e. The zero-order chi connectivity index (χ0) is 40.2. The molecular formula is C26H41N13O14. The molecule has 0 aromatic rings. The van der Waals surface area contributed by atoms with Gasteiger partial charge in [-0.25, -0.2) is 0 Å². The molecule has 53 heavy (non-hydrogen) atoms. The number of carboxylic acid groups (broad SMARTS) is 1. The third-order valence-electron chi connectivity index (χ3n) is 5.53. The molecule has 0 aromatic heterocycles. The van der Waals surface area contributed by atoms with Crippen molar-refractivity contribution in [1.29, 1.82) is 0 Å². The van der Waals surface area contributed by atoms with Gasteiger partial charge in [-0.3, -0.25) is 62.3 Å². The second kappa shape index (κ2) is 26.9. The van der Waals surface area contributed by atoms with Crippen molar-refractivity contribution in [2.45, 2.75) is 0 Å². The lowest BCUT2D eigenvalue weighted by Crippen LogP contribution is -2.48. The molecule has 12 amide bonds. The molecule has 15 N–H and O–H groups in total. The molecule has 0 aliphatic heterocycles. The molecule has 0 heterocycles. The van der Waals surface area contributed by atoms with Crippen molar-refractivity contribution < 1.29 is 67.4 Å². The molecule has 0 aliphatic carbocycles. The molecule has 294 valence electrons. The fourth-order valence-electron chi connectivity index (χ4n) is 2.90. The first-order valence-electron chi connectivity index (χ1n) is 15.1. The van der Waals surface area contributed by atoms with Gasteiger partial charge in [0.05, 0.1) is 78.5 Å². The number of rotatable bonds is 25. The van der Waals surface area contributed by atoms with E-state index in [2.05, 4.69) is 58.5 Å². The van der Waals surface area contributed by atoms with Crippen LogP contribution in [0.4, 0.5) is 0 Å².